The Morgan fingerprint density at radius 1 is 1.26 bits per heavy atom. The first kappa shape index (κ1) is 21.8. The van der Waals surface area contributed by atoms with Gasteiger partial charge in [-0.3, -0.25) is 4.79 Å². The molecule has 1 aromatic carbocycles. The Kier molecular flexibility index (Phi) is 9.22. The Hall–Kier alpha value is -1.46. The molecule has 27 heavy (non-hydrogen) atoms. The average Bonchev–Trinajstić information content (AvgIpc) is 2.67. The van der Waals surface area contributed by atoms with Crippen molar-refractivity contribution in [2.24, 2.45) is 11.8 Å². The summed E-state index contributed by atoms with van der Waals surface area (Å²) < 4.78 is 16.0. The highest BCUT2D eigenvalue weighted by Crippen LogP contribution is 2.40. The smallest absolute Gasteiger partial charge is 0.320 e. The first-order valence-electron chi connectivity index (χ1n) is 9.75. The zero-order valence-electron chi connectivity index (χ0n) is 16.9. The van der Waals surface area contributed by atoms with E-state index < -0.39 is 0 Å². The van der Waals surface area contributed by atoms with Gasteiger partial charge in [-0.05, 0) is 56.4 Å². The van der Waals surface area contributed by atoms with E-state index in [0.29, 0.717) is 19.1 Å². The van der Waals surface area contributed by atoms with Gasteiger partial charge in [-0.25, -0.2) is 0 Å². The molecule has 150 valence electrons. The molecule has 2 rings (SSSR count). The van der Waals surface area contributed by atoms with Crippen LogP contribution < -0.4 is 4.74 Å². The minimum atomic E-state index is -0.223. The summed E-state index contributed by atoms with van der Waals surface area (Å²) in [4.78, 5) is 13.9. The maximum absolute atomic E-state index is 12.8. The van der Waals surface area contributed by atoms with E-state index in [1.807, 2.05) is 31.2 Å². The molecule has 0 unspecified atom stereocenters. The number of esters is 1. The summed E-state index contributed by atoms with van der Waals surface area (Å²) in [6.45, 7) is 5.14. The lowest BCUT2D eigenvalue weighted by atomic mass is 9.80. The van der Waals surface area contributed by atoms with E-state index in [-0.39, 0.29) is 17.1 Å². The molecular weight excluding hydrogens is 360 g/mol. The molecule has 3 atom stereocenters. The predicted octanol–water partition coefficient (Wildman–Crippen LogP) is 5.12. The molecule has 1 saturated carbocycles. The van der Waals surface area contributed by atoms with Gasteiger partial charge in [0.2, 0.25) is 0 Å². The lowest BCUT2D eigenvalue weighted by Gasteiger charge is -2.32. The number of ether oxygens (including phenoxy) is 3. The van der Waals surface area contributed by atoms with Gasteiger partial charge in [0.1, 0.15) is 11.0 Å². The standard InChI is InChI=1S/C22H32O4S/c1-5-26-22(23)21(27-19-12-10-18(25-4)11-13-19)20-9-7-6-8-17(20)14-16(2)15-24-3/h10-14,16,20-21H,5-9,15H2,1-4H3/b17-14+/t16-,20+,21+/m0/s1. The van der Waals surface area contributed by atoms with Crippen LogP contribution in [-0.2, 0) is 14.3 Å². The number of carbonyl (C=O) groups excluding carboxylic acids is 1. The van der Waals surface area contributed by atoms with Crippen LogP contribution in [0.1, 0.15) is 39.5 Å². The largest absolute Gasteiger partial charge is 0.497 e. The SMILES string of the molecule is CCOC(=O)[C@H](Sc1ccc(OC)cc1)[C@@H]1CCCC/C1=C\[C@H](C)COC. The molecule has 0 aromatic heterocycles. The first-order valence-corrected chi connectivity index (χ1v) is 10.6. The average molecular weight is 393 g/mol. The maximum atomic E-state index is 12.8. The van der Waals surface area contributed by atoms with Crippen LogP contribution in [0.25, 0.3) is 0 Å². The molecule has 0 saturated heterocycles. The quantitative estimate of drug-likeness (QED) is 0.332. The maximum Gasteiger partial charge on any atom is 0.320 e. The van der Waals surface area contributed by atoms with Crippen molar-refractivity contribution >= 4 is 17.7 Å². The Morgan fingerprint density at radius 3 is 2.63 bits per heavy atom. The number of allylic oxidation sites excluding steroid dienone is 1. The monoisotopic (exact) mass is 392 g/mol. The summed E-state index contributed by atoms with van der Waals surface area (Å²) in [7, 11) is 3.39. The fourth-order valence-electron chi connectivity index (χ4n) is 3.61. The van der Waals surface area contributed by atoms with E-state index >= 15 is 0 Å². The van der Waals surface area contributed by atoms with E-state index in [0.717, 1.165) is 29.9 Å². The normalized spacial score (nSPS) is 20.9. The number of hydrogen-bond acceptors (Lipinski definition) is 5. The molecule has 0 radical (unpaired) electrons. The number of rotatable bonds is 9. The van der Waals surface area contributed by atoms with Gasteiger partial charge in [0.25, 0.3) is 0 Å². The summed E-state index contributed by atoms with van der Waals surface area (Å²) in [6, 6.07) is 7.89. The number of benzene rings is 1. The molecule has 0 N–H and O–H groups in total. The third kappa shape index (κ3) is 6.58. The van der Waals surface area contributed by atoms with Crippen molar-refractivity contribution in [1.82, 2.24) is 0 Å². The van der Waals surface area contributed by atoms with Crippen LogP contribution >= 0.6 is 11.8 Å². The molecule has 5 heteroatoms. The molecule has 1 aliphatic rings. The molecule has 1 aliphatic carbocycles. The molecular formula is C22H32O4S. The molecule has 0 bridgehead atoms. The van der Waals surface area contributed by atoms with Crippen molar-refractivity contribution in [3.8, 4) is 5.75 Å². The van der Waals surface area contributed by atoms with Crippen LogP contribution in [0.4, 0.5) is 0 Å². The van der Waals surface area contributed by atoms with Crippen LogP contribution in [-0.4, -0.2) is 38.7 Å². The molecule has 1 aromatic rings. The van der Waals surface area contributed by atoms with E-state index in [1.165, 1.54) is 12.0 Å². The van der Waals surface area contributed by atoms with Gasteiger partial charge in [0.05, 0.1) is 20.3 Å². The van der Waals surface area contributed by atoms with Crippen molar-refractivity contribution in [2.45, 2.75) is 49.7 Å². The van der Waals surface area contributed by atoms with Crippen LogP contribution in [0.2, 0.25) is 0 Å². The Labute approximate surface area is 167 Å². The topological polar surface area (TPSA) is 44.8 Å². The summed E-state index contributed by atoms with van der Waals surface area (Å²) in [6.07, 6.45) is 6.73. The number of hydrogen-bond donors (Lipinski definition) is 0. The van der Waals surface area contributed by atoms with Crippen LogP contribution in [0, 0.1) is 11.8 Å². The van der Waals surface area contributed by atoms with Crippen molar-refractivity contribution in [3.05, 3.63) is 35.9 Å². The zero-order valence-corrected chi connectivity index (χ0v) is 17.7. The van der Waals surface area contributed by atoms with E-state index in [2.05, 4.69) is 13.0 Å². The summed E-state index contributed by atoms with van der Waals surface area (Å²) in [5, 5.41) is -0.223. The van der Waals surface area contributed by atoms with Crippen LogP contribution in [0.3, 0.4) is 0 Å². The predicted molar refractivity (Wildman–Crippen MR) is 110 cm³/mol. The zero-order chi connectivity index (χ0) is 19.6. The lowest BCUT2D eigenvalue weighted by Crippen LogP contribution is -2.32. The van der Waals surface area contributed by atoms with Gasteiger partial charge in [-0.15, -0.1) is 11.8 Å². The first-order chi connectivity index (χ1) is 13.1. The van der Waals surface area contributed by atoms with Gasteiger partial charge in [0, 0.05) is 17.9 Å². The molecule has 4 nitrogen and oxygen atoms in total. The second-order valence-electron chi connectivity index (χ2n) is 6.99. The van der Waals surface area contributed by atoms with Gasteiger partial charge in [-0.2, -0.15) is 0 Å². The lowest BCUT2D eigenvalue weighted by molar-refractivity contribution is -0.143. The third-order valence-electron chi connectivity index (χ3n) is 4.84. The Bertz CT molecular complexity index is 611. The van der Waals surface area contributed by atoms with Crippen molar-refractivity contribution in [3.63, 3.8) is 0 Å². The number of thioether (sulfide) groups is 1. The number of carbonyl (C=O) groups is 1. The second kappa shape index (κ2) is 11.4. The second-order valence-corrected chi connectivity index (χ2v) is 8.21. The molecule has 0 aliphatic heterocycles. The third-order valence-corrected chi connectivity index (χ3v) is 6.16. The van der Waals surface area contributed by atoms with E-state index in [9.17, 15) is 4.79 Å². The highest BCUT2D eigenvalue weighted by molar-refractivity contribution is 8.00. The van der Waals surface area contributed by atoms with Crippen molar-refractivity contribution < 1.29 is 19.0 Å². The Balaban J connectivity index is 2.25. The summed E-state index contributed by atoms with van der Waals surface area (Å²) >= 11 is 1.60. The fourth-order valence-corrected chi connectivity index (χ4v) is 4.84. The molecule has 0 heterocycles. The molecule has 0 spiro atoms. The minimum absolute atomic E-state index is 0.115. The van der Waals surface area contributed by atoms with Gasteiger partial charge in [0.15, 0.2) is 0 Å². The highest BCUT2D eigenvalue weighted by atomic mass is 32.2. The van der Waals surface area contributed by atoms with E-state index in [4.69, 9.17) is 14.2 Å². The van der Waals surface area contributed by atoms with Gasteiger partial charge < -0.3 is 14.2 Å². The molecule has 1 fully saturated rings. The van der Waals surface area contributed by atoms with Crippen LogP contribution in [0.5, 0.6) is 5.75 Å². The van der Waals surface area contributed by atoms with Gasteiger partial charge in [-0.1, -0.05) is 25.0 Å². The number of methoxy groups -OCH3 is 2. The van der Waals surface area contributed by atoms with Gasteiger partial charge >= 0.3 is 5.97 Å². The van der Waals surface area contributed by atoms with E-state index in [1.54, 1.807) is 26.0 Å². The minimum Gasteiger partial charge on any atom is -0.497 e. The van der Waals surface area contributed by atoms with Crippen molar-refractivity contribution in [2.75, 3.05) is 27.4 Å². The molecule has 0 amide bonds. The fraction of sp³-hybridized carbons (Fsp3) is 0.591. The Morgan fingerprint density at radius 2 is 2.00 bits per heavy atom. The van der Waals surface area contributed by atoms with Crippen molar-refractivity contribution in [1.29, 1.82) is 0 Å². The van der Waals surface area contributed by atoms with Crippen LogP contribution in [0.15, 0.2) is 40.8 Å². The summed E-state index contributed by atoms with van der Waals surface area (Å²) in [5.74, 6) is 1.26. The highest BCUT2D eigenvalue weighted by Gasteiger charge is 2.34. The summed E-state index contributed by atoms with van der Waals surface area (Å²) in [5.41, 5.74) is 1.38.